The number of carboxylic acid groups (broad SMARTS) is 1. The van der Waals surface area contributed by atoms with Crippen LogP contribution in [0.3, 0.4) is 0 Å². The Balaban J connectivity index is 1.73. The van der Waals surface area contributed by atoms with Crippen LogP contribution in [0.15, 0.2) is 24.3 Å². The minimum absolute atomic E-state index is 0.140. The van der Waals surface area contributed by atoms with E-state index in [0.717, 1.165) is 44.0 Å². The lowest BCUT2D eigenvalue weighted by molar-refractivity contribution is -0.140. The van der Waals surface area contributed by atoms with Gasteiger partial charge < -0.3 is 31.6 Å². The van der Waals surface area contributed by atoms with E-state index in [-0.39, 0.29) is 18.4 Å². The Labute approximate surface area is 243 Å². The Kier molecular flexibility index (Phi) is 14.5. The fourth-order valence-corrected chi connectivity index (χ4v) is 5.11. The second kappa shape index (κ2) is 17.5. The van der Waals surface area contributed by atoms with E-state index >= 15 is 0 Å². The lowest BCUT2D eigenvalue weighted by atomic mass is 9.83. The summed E-state index contributed by atoms with van der Waals surface area (Å²) in [4.78, 5) is 60.1. The molecular formula is C31H48N4O6. The molecule has 0 radical (unpaired) electrons. The van der Waals surface area contributed by atoms with Crippen molar-refractivity contribution in [1.29, 1.82) is 0 Å². The van der Waals surface area contributed by atoms with Gasteiger partial charge in [0.25, 0.3) is 0 Å². The van der Waals surface area contributed by atoms with Crippen LogP contribution in [0.1, 0.15) is 89.2 Å². The van der Waals surface area contributed by atoms with Gasteiger partial charge in [0.1, 0.15) is 12.3 Å². The van der Waals surface area contributed by atoms with Crippen molar-refractivity contribution in [3.8, 4) is 0 Å². The second-order valence-electron chi connectivity index (χ2n) is 11.8. The number of rotatable bonds is 17. The van der Waals surface area contributed by atoms with Crippen molar-refractivity contribution >= 4 is 30.0 Å². The van der Waals surface area contributed by atoms with E-state index < -0.39 is 42.2 Å². The molecule has 0 spiro atoms. The highest BCUT2D eigenvalue weighted by Gasteiger charge is 2.26. The van der Waals surface area contributed by atoms with Crippen LogP contribution in [0.5, 0.6) is 0 Å². The third kappa shape index (κ3) is 12.4. The number of aliphatic carboxylic acids is 1. The minimum Gasteiger partial charge on any atom is -0.481 e. The summed E-state index contributed by atoms with van der Waals surface area (Å²) in [5, 5.41) is 17.5. The van der Waals surface area contributed by atoms with E-state index in [1.54, 1.807) is 6.92 Å². The number of unbranched alkanes of at least 4 members (excludes halogenated alkanes) is 1. The van der Waals surface area contributed by atoms with Crippen molar-refractivity contribution in [2.24, 2.45) is 23.5 Å². The van der Waals surface area contributed by atoms with Gasteiger partial charge in [-0.15, -0.1) is 0 Å². The van der Waals surface area contributed by atoms with Crippen molar-refractivity contribution in [1.82, 2.24) is 16.0 Å². The predicted octanol–water partition coefficient (Wildman–Crippen LogP) is 2.68. The van der Waals surface area contributed by atoms with Crippen molar-refractivity contribution in [3.05, 3.63) is 35.4 Å². The van der Waals surface area contributed by atoms with Crippen LogP contribution in [0, 0.1) is 17.8 Å². The van der Waals surface area contributed by atoms with Crippen LogP contribution >= 0.6 is 0 Å². The summed E-state index contributed by atoms with van der Waals surface area (Å²) in [6.07, 6.45) is 6.60. The number of carbonyl (C=O) groups excluding carboxylic acids is 4. The number of nitrogens with one attached hydrogen (secondary N) is 3. The largest absolute Gasteiger partial charge is 0.481 e. The fourth-order valence-electron chi connectivity index (χ4n) is 5.11. The highest BCUT2D eigenvalue weighted by molar-refractivity contribution is 5.92. The molecule has 3 atom stereocenters. The molecule has 1 saturated carbocycles. The molecule has 10 nitrogen and oxygen atoms in total. The van der Waals surface area contributed by atoms with E-state index in [1.165, 1.54) is 5.56 Å². The van der Waals surface area contributed by atoms with Gasteiger partial charge in [-0.2, -0.15) is 0 Å². The first kappa shape index (κ1) is 33.9. The fraction of sp³-hybridized carbons (Fsp3) is 0.645. The van der Waals surface area contributed by atoms with Crippen LogP contribution in [0.25, 0.3) is 0 Å². The maximum atomic E-state index is 12.9. The maximum absolute atomic E-state index is 12.9. The van der Waals surface area contributed by atoms with Crippen molar-refractivity contribution in [3.63, 3.8) is 0 Å². The molecule has 1 aliphatic rings. The molecule has 2 rings (SSSR count). The molecule has 41 heavy (non-hydrogen) atoms. The molecule has 3 amide bonds. The first-order valence-electron chi connectivity index (χ1n) is 14.9. The van der Waals surface area contributed by atoms with Crippen molar-refractivity contribution < 1.29 is 29.1 Å². The third-order valence-corrected chi connectivity index (χ3v) is 7.76. The zero-order valence-corrected chi connectivity index (χ0v) is 24.7. The topological polar surface area (TPSA) is 168 Å². The first-order chi connectivity index (χ1) is 19.5. The number of aldehydes is 1. The molecule has 0 aliphatic heterocycles. The highest BCUT2D eigenvalue weighted by Crippen LogP contribution is 2.27. The van der Waals surface area contributed by atoms with Crippen molar-refractivity contribution in [2.45, 2.75) is 96.6 Å². The average Bonchev–Trinajstić information content (AvgIpc) is 2.94. The molecule has 1 aromatic rings. The zero-order valence-electron chi connectivity index (χ0n) is 24.7. The van der Waals surface area contributed by atoms with E-state index in [0.29, 0.717) is 37.6 Å². The van der Waals surface area contributed by atoms with Gasteiger partial charge in [0.15, 0.2) is 0 Å². The molecule has 1 aliphatic carbocycles. The Bertz CT molecular complexity index is 1000. The van der Waals surface area contributed by atoms with Gasteiger partial charge in [0, 0.05) is 19.0 Å². The molecule has 0 saturated heterocycles. The number of carbonyl (C=O) groups is 5. The average molecular weight is 573 g/mol. The van der Waals surface area contributed by atoms with Crippen molar-refractivity contribution in [2.75, 3.05) is 13.1 Å². The lowest BCUT2D eigenvalue weighted by Crippen LogP contribution is -2.49. The van der Waals surface area contributed by atoms with E-state index in [2.05, 4.69) is 29.8 Å². The summed E-state index contributed by atoms with van der Waals surface area (Å²) in [5.74, 6) is -1.90. The number of hydrogen-bond acceptors (Lipinski definition) is 6. The summed E-state index contributed by atoms with van der Waals surface area (Å²) in [6, 6.07) is 5.89. The Morgan fingerprint density at radius 3 is 2.20 bits per heavy atom. The van der Waals surface area contributed by atoms with Gasteiger partial charge in [-0.05, 0) is 81.3 Å². The van der Waals surface area contributed by atoms with E-state index in [1.807, 2.05) is 24.3 Å². The van der Waals surface area contributed by atoms with Gasteiger partial charge in [-0.1, -0.05) is 38.1 Å². The van der Waals surface area contributed by atoms with Gasteiger partial charge in [0.2, 0.25) is 17.7 Å². The first-order valence-corrected chi connectivity index (χ1v) is 14.9. The van der Waals surface area contributed by atoms with Crippen LogP contribution < -0.4 is 21.7 Å². The molecule has 0 heterocycles. The Morgan fingerprint density at radius 1 is 0.951 bits per heavy atom. The molecule has 10 heteroatoms. The smallest absolute Gasteiger partial charge is 0.305 e. The Hall–Kier alpha value is -3.27. The summed E-state index contributed by atoms with van der Waals surface area (Å²) < 4.78 is 0. The monoisotopic (exact) mass is 572 g/mol. The molecule has 0 bridgehead atoms. The number of amides is 3. The van der Waals surface area contributed by atoms with Crippen LogP contribution in [0.4, 0.5) is 0 Å². The Morgan fingerprint density at radius 2 is 1.61 bits per heavy atom. The normalized spacial score (nSPS) is 19.0. The van der Waals surface area contributed by atoms with Gasteiger partial charge in [-0.3, -0.25) is 19.2 Å². The molecule has 0 aromatic heterocycles. The SMILES string of the molecule is CC(C)Cc1ccc(C(C)C(=O)NC(CC(=O)O)C(=O)NCCCCC(N)C(=O)NCC2CCC(C=O)CC2)cc1. The second-order valence-corrected chi connectivity index (χ2v) is 11.8. The van der Waals surface area contributed by atoms with Gasteiger partial charge in [-0.25, -0.2) is 0 Å². The summed E-state index contributed by atoms with van der Waals surface area (Å²) >= 11 is 0. The zero-order chi connectivity index (χ0) is 30.4. The van der Waals surface area contributed by atoms with Gasteiger partial charge >= 0.3 is 5.97 Å². The highest BCUT2D eigenvalue weighted by atomic mass is 16.4. The molecular weight excluding hydrogens is 524 g/mol. The minimum atomic E-state index is -1.20. The molecule has 3 unspecified atom stereocenters. The third-order valence-electron chi connectivity index (χ3n) is 7.76. The molecule has 228 valence electrons. The number of benzene rings is 1. The quantitative estimate of drug-likeness (QED) is 0.141. The van der Waals surface area contributed by atoms with Crippen LogP contribution in [-0.4, -0.2) is 60.3 Å². The summed E-state index contributed by atoms with van der Waals surface area (Å²) in [5.41, 5.74) is 7.99. The number of nitrogens with two attached hydrogens (primary N) is 1. The standard InChI is InChI=1S/C31H48N4O6/c1-20(2)16-22-11-13-25(14-12-22)21(3)29(39)35-27(17-28(37)38)31(41)33-15-5-4-6-26(32)30(40)34-18-23-7-9-24(19-36)10-8-23/h11-14,19-21,23-24,26-27H,4-10,15-18,32H2,1-3H3,(H,33,41)(H,34,40)(H,35,39)(H,37,38). The number of hydrogen-bond donors (Lipinski definition) is 5. The molecule has 1 fully saturated rings. The van der Waals surface area contributed by atoms with Crippen LogP contribution in [0.2, 0.25) is 0 Å². The van der Waals surface area contributed by atoms with E-state index in [9.17, 15) is 29.1 Å². The predicted molar refractivity (Wildman–Crippen MR) is 157 cm³/mol. The summed E-state index contributed by atoms with van der Waals surface area (Å²) in [7, 11) is 0. The number of carboxylic acids is 1. The van der Waals surface area contributed by atoms with Gasteiger partial charge in [0.05, 0.1) is 18.4 Å². The molecule has 6 N–H and O–H groups in total. The van der Waals surface area contributed by atoms with E-state index in [4.69, 9.17) is 5.73 Å². The molecule has 1 aromatic carbocycles. The lowest BCUT2D eigenvalue weighted by Gasteiger charge is -2.26. The van der Waals surface area contributed by atoms with Crippen LogP contribution in [-0.2, 0) is 30.4 Å². The maximum Gasteiger partial charge on any atom is 0.305 e. The summed E-state index contributed by atoms with van der Waals surface area (Å²) in [6.45, 7) is 6.83.